The van der Waals surface area contributed by atoms with Crippen molar-refractivity contribution in [2.75, 3.05) is 13.7 Å². The number of hydrogen-bond acceptors (Lipinski definition) is 2. The van der Waals surface area contributed by atoms with Gasteiger partial charge < -0.3 is 10.1 Å². The lowest BCUT2D eigenvalue weighted by Gasteiger charge is -2.26. The summed E-state index contributed by atoms with van der Waals surface area (Å²) in [7, 11) is 1.82. The second-order valence-corrected chi connectivity index (χ2v) is 5.18. The Kier molecular flexibility index (Phi) is 3.06. The summed E-state index contributed by atoms with van der Waals surface area (Å²) in [6.45, 7) is 1.14. The van der Waals surface area contributed by atoms with E-state index in [1.165, 1.54) is 61.0 Å². The first kappa shape index (κ1) is 11.1. The summed E-state index contributed by atoms with van der Waals surface area (Å²) in [6, 6.07) is 5.10. The van der Waals surface area contributed by atoms with Crippen molar-refractivity contribution in [3.05, 3.63) is 28.8 Å². The van der Waals surface area contributed by atoms with Crippen LogP contribution >= 0.6 is 0 Å². The molecule has 17 heavy (non-hydrogen) atoms. The summed E-state index contributed by atoms with van der Waals surface area (Å²) in [5.74, 6) is 1.17. The molecule has 0 saturated carbocycles. The maximum absolute atomic E-state index is 5.70. The molecule has 1 aliphatic heterocycles. The lowest BCUT2D eigenvalue weighted by molar-refractivity contribution is 0.371. The lowest BCUT2D eigenvalue weighted by Crippen LogP contribution is -2.27. The topological polar surface area (TPSA) is 21.3 Å². The fraction of sp³-hybridized carbons (Fsp3) is 0.600. The van der Waals surface area contributed by atoms with E-state index in [0.29, 0.717) is 6.04 Å². The van der Waals surface area contributed by atoms with E-state index >= 15 is 0 Å². The molecule has 1 aliphatic carbocycles. The first-order valence-electron chi connectivity index (χ1n) is 6.82. The van der Waals surface area contributed by atoms with Crippen LogP contribution in [0.25, 0.3) is 0 Å². The molecule has 1 aromatic carbocycles. The van der Waals surface area contributed by atoms with Crippen LogP contribution in [0.2, 0.25) is 0 Å². The average Bonchev–Trinajstić information content (AvgIpc) is 2.86. The third-order valence-corrected chi connectivity index (χ3v) is 4.15. The predicted octanol–water partition coefficient (Wildman–Crippen LogP) is 3.00. The van der Waals surface area contributed by atoms with Crippen LogP contribution in [0.1, 0.15) is 48.4 Å². The molecule has 0 aromatic heterocycles. The largest absolute Gasteiger partial charge is 0.496 e. The van der Waals surface area contributed by atoms with Gasteiger partial charge in [0.2, 0.25) is 0 Å². The molecule has 0 spiro atoms. The van der Waals surface area contributed by atoms with Crippen molar-refractivity contribution < 1.29 is 4.74 Å². The van der Waals surface area contributed by atoms with Crippen molar-refractivity contribution in [3.63, 3.8) is 0 Å². The van der Waals surface area contributed by atoms with E-state index < -0.39 is 0 Å². The minimum absolute atomic E-state index is 0.504. The molecule has 0 bridgehead atoms. The molecule has 1 saturated heterocycles. The van der Waals surface area contributed by atoms with E-state index in [-0.39, 0.29) is 0 Å². The van der Waals surface area contributed by atoms with Gasteiger partial charge in [-0.2, -0.15) is 0 Å². The van der Waals surface area contributed by atoms with Crippen molar-refractivity contribution >= 4 is 0 Å². The Morgan fingerprint density at radius 1 is 1.18 bits per heavy atom. The summed E-state index contributed by atoms with van der Waals surface area (Å²) in [5.41, 5.74) is 4.35. The summed E-state index contributed by atoms with van der Waals surface area (Å²) in [5, 5.41) is 3.62. The molecule has 1 atom stereocenters. The number of fused-ring (bicyclic) bond motifs is 1. The zero-order valence-electron chi connectivity index (χ0n) is 10.6. The first-order valence-corrected chi connectivity index (χ1v) is 6.82. The van der Waals surface area contributed by atoms with Crippen LogP contribution in [0, 0.1) is 0 Å². The third kappa shape index (κ3) is 1.95. The van der Waals surface area contributed by atoms with Crippen LogP contribution in [0.15, 0.2) is 12.1 Å². The molecular formula is C15H21NO. The van der Waals surface area contributed by atoms with Crippen LogP contribution in [0.3, 0.4) is 0 Å². The Morgan fingerprint density at radius 2 is 2.12 bits per heavy atom. The normalized spacial score (nSPS) is 23.5. The number of rotatable bonds is 2. The molecule has 1 heterocycles. The van der Waals surface area contributed by atoms with Gasteiger partial charge in [0.1, 0.15) is 5.75 Å². The van der Waals surface area contributed by atoms with Gasteiger partial charge in [0.25, 0.3) is 0 Å². The minimum atomic E-state index is 0.504. The van der Waals surface area contributed by atoms with E-state index in [9.17, 15) is 0 Å². The standard InChI is InChI=1S/C15H21NO/c1-17-15-12-6-4-5-11(12)8-9-13(15)14-7-2-3-10-16-14/h8-9,14,16H,2-7,10H2,1H3. The molecule has 2 aliphatic rings. The van der Waals surface area contributed by atoms with Gasteiger partial charge in [-0.1, -0.05) is 18.6 Å². The van der Waals surface area contributed by atoms with Crippen molar-refractivity contribution in [2.24, 2.45) is 0 Å². The molecule has 1 fully saturated rings. The Bertz CT molecular complexity index is 408. The molecule has 92 valence electrons. The number of piperidine rings is 1. The van der Waals surface area contributed by atoms with Crippen molar-refractivity contribution in [3.8, 4) is 5.75 Å². The van der Waals surface area contributed by atoms with Gasteiger partial charge in [0.15, 0.2) is 0 Å². The summed E-state index contributed by atoms with van der Waals surface area (Å²) < 4.78 is 5.70. The Hall–Kier alpha value is -1.02. The maximum atomic E-state index is 5.70. The Balaban J connectivity index is 1.98. The monoisotopic (exact) mass is 231 g/mol. The van der Waals surface area contributed by atoms with E-state index in [4.69, 9.17) is 4.74 Å². The van der Waals surface area contributed by atoms with Crippen LogP contribution in [0.5, 0.6) is 5.75 Å². The molecule has 2 nitrogen and oxygen atoms in total. The number of hydrogen-bond donors (Lipinski definition) is 1. The van der Waals surface area contributed by atoms with Gasteiger partial charge in [-0.05, 0) is 49.8 Å². The highest BCUT2D eigenvalue weighted by atomic mass is 16.5. The van der Waals surface area contributed by atoms with Crippen molar-refractivity contribution in [2.45, 2.75) is 44.6 Å². The van der Waals surface area contributed by atoms with Gasteiger partial charge in [-0.3, -0.25) is 0 Å². The summed E-state index contributed by atoms with van der Waals surface area (Å²) in [4.78, 5) is 0. The molecule has 1 aromatic rings. The number of methoxy groups -OCH3 is 1. The smallest absolute Gasteiger partial charge is 0.127 e. The fourth-order valence-electron chi connectivity index (χ4n) is 3.28. The second-order valence-electron chi connectivity index (χ2n) is 5.18. The molecule has 1 N–H and O–H groups in total. The SMILES string of the molecule is COc1c(C2CCCCN2)ccc2c1CCC2. The van der Waals surface area contributed by atoms with Crippen LogP contribution in [0.4, 0.5) is 0 Å². The average molecular weight is 231 g/mol. The molecule has 1 unspecified atom stereocenters. The van der Waals surface area contributed by atoms with Crippen molar-refractivity contribution in [1.29, 1.82) is 0 Å². The van der Waals surface area contributed by atoms with Gasteiger partial charge >= 0.3 is 0 Å². The van der Waals surface area contributed by atoms with Crippen LogP contribution < -0.4 is 10.1 Å². The Labute approximate surface area is 103 Å². The molecule has 2 heteroatoms. The second kappa shape index (κ2) is 4.69. The number of aryl methyl sites for hydroxylation is 1. The van der Waals surface area contributed by atoms with E-state index in [1.807, 2.05) is 7.11 Å². The van der Waals surface area contributed by atoms with Crippen LogP contribution in [-0.2, 0) is 12.8 Å². The highest BCUT2D eigenvalue weighted by molar-refractivity contribution is 5.50. The predicted molar refractivity (Wildman–Crippen MR) is 69.6 cm³/mol. The first-order chi connectivity index (χ1) is 8.40. The number of benzene rings is 1. The Morgan fingerprint density at radius 3 is 2.88 bits per heavy atom. The maximum Gasteiger partial charge on any atom is 0.127 e. The molecule has 3 rings (SSSR count). The minimum Gasteiger partial charge on any atom is -0.496 e. The van der Waals surface area contributed by atoms with E-state index in [2.05, 4.69) is 17.4 Å². The van der Waals surface area contributed by atoms with E-state index in [1.54, 1.807) is 0 Å². The van der Waals surface area contributed by atoms with Crippen LogP contribution in [-0.4, -0.2) is 13.7 Å². The number of nitrogens with one attached hydrogen (secondary N) is 1. The fourth-order valence-corrected chi connectivity index (χ4v) is 3.28. The van der Waals surface area contributed by atoms with E-state index in [0.717, 1.165) is 6.54 Å². The quantitative estimate of drug-likeness (QED) is 0.845. The third-order valence-electron chi connectivity index (χ3n) is 4.15. The highest BCUT2D eigenvalue weighted by Crippen LogP contribution is 2.38. The van der Waals surface area contributed by atoms with Gasteiger partial charge in [0.05, 0.1) is 7.11 Å². The van der Waals surface area contributed by atoms with Gasteiger partial charge in [0, 0.05) is 11.6 Å². The molecule has 0 amide bonds. The zero-order chi connectivity index (χ0) is 11.7. The van der Waals surface area contributed by atoms with Gasteiger partial charge in [-0.25, -0.2) is 0 Å². The summed E-state index contributed by atoms with van der Waals surface area (Å²) in [6.07, 6.45) is 7.59. The van der Waals surface area contributed by atoms with Crippen molar-refractivity contribution in [1.82, 2.24) is 5.32 Å². The van der Waals surface area contributed by atoms with Gasteiger partial charge in [-0.15, -0.1) is 0 Å². The highest BCUT2D eigenvalue weighted by Gasteiger charge is 2.23. The number of ether oxygens (including phenoxy) is 1. The summed E-state index contributed by atoms with van der Waals surface area (Å²) >= 11 is 0. The molecular weight excluding hydrogens is 210 g/mol. The zero-order valence-corrected chi connectivity index (χ0v) is 10.6. The lowest BCUT2D eigenvalue weighted by atomic mass is 9.93. The molecule has 0 radical (unpaired) electrons.